The standard InChI is InChI=1S/C11H10ClN3O/c12-9-3-1-8(2-4-9)6-16-10-5-14-7-15-11(10)13/h1-5,7H,6H2,(H2,13,14,15). The van der Waals surface area contributed by atoms with Crippen molar-refractivity contribution in [2.24, 2.45) is 0 Å². The Kier molecular flexibility index (Phi) is 3.22. The summed E-state index contributed by atoms with van der Waals surface area (Å²) in [6.45, 7) is 0.411. The van der Waals surface area contributed by atoms with Gasteiger partial charge >= 0.3 is 0 Å². The van der Waals surface area contributed by atoms with Crippen molar-refractivity contribution in [2.75, 3.05) is 5.73 Å². The van der Waals surface area contributed by atoms with Crippen molar-refractivity contribution in [3.05, 3.63) is 47.4 Å². The largest absolute Gasteiger partial charge is 0.483 e. The van der Waals surface area contributed by atoms with E-state index in [4.69, 9.17) is 22.1 Å². The van der Waals surface area contributed by atoms with Crippen LogP contribution < -0.4 is 10.5 Å². The van der Waals surface area contributed by atoms with Crippen molar-refractivity contribution in [3.63, 3.8) is 0 Å². The number of benzene rings is 1. The number of halogens is 1. The first-order chi connectivity index (χ1) is 7.75. The molecule has 0 amide bonds. The molecule has 0 spiro atoms. The number of aromatic nitrogens is 2. The zero-order chi connectivity index (χ0) is 11.4. The lowest BCUT2D eigenvalue weighted by atomic mass is 10.2. The maximum absolute atomic E-state index is 5.77. The summed E-state index contributed by atoms with van der Waals surface area (Å²) >= 11 is 5.77. The smallest absolute Gasteiger partial charge is 0.180 e. The quantitative estimate of drug-likeness (QED) is 0.887. The van der Waals surface area contributed by atoms with Crippen molar-refractivity contribution in [1.82, 2.24) is 9.97 Å². The van der Waals surface area contributed by atoms with Crippen LogP contribution in [-0.2, 0) is 6.61 Å². The van der Waals surface area contributed by atoms with E-state index in [1.54, 1.807) is 0 Å². The second-order valence-corrected chi connectivity index (χ2v) is 3.62. The molecule has 0 aliphatic carbocycles. The Hall–Kier alpha value is -1.81. The highest BCUT2D eigenvalue weighted by molar-refractivity contribution is 6.30. The van der Waals surface area contributed by atoms with Crippen molar-refractivity contribution < 1.29 is 4.74 Å². The molecule has 16 heavy (non-hydrogen) atoms. The number of anilines is 1. The molecule has 5 heteroatoms. The van der Waals surface area contributed by atoms with E-state index in [-0.39, 0.29) is 0 Å². The molecule has 82 valence electrons. The predicted octanol–water partition coefficient (Wildman–Crippen LogP) is 2.29. The highest BCUT2D eigenvalue weighted by Crippen LogP contribution is 2.17. The summed E-state index contributed by atoms with van der Waals surface area (Å²) in [5.74, 6) is 0.821. The minimum atomic E-state index is 0.337. The van der Waals surface area contributed by atoms with Crippen molar-refractivity contribution in [3.8, 4) is 5.75 Å². The number of rotatable bonds is 3. The van der Waals surface area contributed by atoms with E-state index >= 15 is 0 Å². The summed E-state index contributed by atoms with van der Waals surface area (Å²) in [5.41, 5.74) is 6.62. The Morgan fingerprint density at radius 1 is 1.25 bits per heavy atom. The Balaban J connectivity index is 2.02. The molecule has 0 fully saturated rings. The molecule has 2 N–H and O–H groups in total. The topological polar surface area (TPSA) is 61.0 Å². The van der Waals surface area contributed by atoms with Crippen LogP contribution >= 0.6 is 11.6 Å². The van der Waals surface area contributed by atoms with E-state index < -0.39 is 0 Å². The maximum Gasteiger partial charge on any atom is 0.180 e. The van der Waals surface area contributed by atoms with Crippen LogP contribution in [-0.4, -0.2) is 9.97 Å². The van der Waals surface area contributed by atoms with Crippen LogP contribution in [0.25, 0.3) is 0 Å². The van der Waals surface area contributed by atoms with Crippen LogP contribution in [0.5, 0.6) is 5.75 Å². The molecule has 0 aliphatic rings. The number of hydrogen-bond donors (Lipinski definition) is 1. The Morgan fingerprint density at radius 3 is 2.69 bits per heavy atom. The van der Waals surface area contributed by atoms with Gasteiger partial charge in [0, 0.05) is 5.02 Å². The average Bonchev–Trinajstić information content (AvgIpc) is 2.30. The fourth-order valence-corrected chi connectivity index (χ4v) is 1.31. The van der Waals surface area contributed by atoms with E-state index in [2.05, 4.69) is 9.97 Å². The van der Waals surface area contributed by atoms with Gasteiger partial charge in [-0.1, -0.05) is 23.7 Å². The third-order valence-corrected chi connectivity index (χ3v) is 2.27. The lowest BCUT2D eigenvalue weighted by molar-refractivity contribution is 0.305. The molecule has 0 saturated heterocycles. The van der Waals surface area contributed by atoms with Gasteiger partial charge in [-0.25, -0.2) is 9.97 Å². The van der Waals surface area contributed by atoms with Gasteiger partial charge in [0.25, 0.3) is 0 Å². The summed E-state index contributed by atoms with van der Waals surface area (Å²) in [4.78, 5) is 7.66. The zero-order valence-electron chi connectivity index (χ0n) is 8.43. The molecule has 0 radical (unpaired) electrons. The average molecular weight is 236 g/mol. The lowest BCUT2D eigenvalue weighted by Crippen LogP contribution is -2.00. The summed E-state index contributed by atoms with van der Waals surface area (Å²) in [6, 6.07) is 7.40. The van der Waals surface area contributed by atoms with Crippen LogP contribution in [0.1, 0.15) is 5.56 Å². The van der Waals surface area contributed by atoms with E-state index in [1.807, 2.05) is 24.3 Å². The molecule has 0 unspecified atom stereocenters. The van der Waals surface area contributed by atoms with Gasteiger partial charge in [0.1, 0.15) is 12.9 Å². The van der Waals surface area contributed by atoms with E-state index in [0.29, 0.717) is 23.2 Å². The van der Waals surface area contributed by atoms with Crippen LogP contribution in [0.3, 0.4) is 0 Å². The van der Waals surface area contributed by atoms with Crippen molar-refractivity contribution in [1.29, 1.82) is 0 Å². The van der Waals surface area contributed by atoms with Crippen LogP contribution in [0.2, 0.25) is 5.02 Å². The van der Waals surface area contributed by atoms with Gasteiger partial charge < -0.3 is 10.5 Å². The van der Waals surface area contributed by atoms with Crippen molar-refractivity contribution in [2.45, 2.75) is 6.61 Å². The molecule has 0 bridgehead atoms. The van der Waals surface area contributed by atoms with Crippen molar-refractivity contribution >= 4 is 17.4 Å². The molecule has 2 rings (SSSR count). The molecular weight excluding hydrogens is 226 g/mol. The van der Waals surface area contributed by atoms with E-state index in [9.17, 15) is 0 Å². The van der Waals surface area contributed by atoms with E-state index in [0.717, 1.165) is 5.56 Å². The van der Waals surface area contributed by atoms with Crippen LogP contribution in [0.15, 0.2) is 36.8 Å². The fraction of sp³-hybridized carbons (Fsp3) is 0.0909. The number of nitrogens with two attached hydrogens (primary N) is 1. The third-order valence-electron chi connectivity index (χ3n) is 2.02. The monoisotopic (exact) mass is 235 g/mol. The normalized spacial score (nSPS) is 10.1. The number of nitrogens with zero attached hydrogens (tertiary/aromatic N) is 2. The molecule has 2 aromatic rings. The second kappa shape index (κ2) is 4.81. The Bertz CT molecular complexity index is 473. The summed E-state index contributed by atoms with van der Waals surface area (Å²) in [7, 11) is 0. The fourth-order valence-electron chi connectivity index (χ4n) is 1.18. The summed E-state index contributed by atoms with van der Waals surface area (Å²) in [5, 5.41) is 0.700. The van der Waals surface area contributed by atoms with Gasteiger partial charge in [-0.3, -0.25) is 0 Å². The minimum Gasteiger partial charge on any atom is -0.483 e. The van der Waals surface area contributed by atoms with Gasteiger partial charge in [0.2, 0.25) is 0 Å². The summed E-state index contributed by atoms with van der Waals surface area (Å²) in [6.07, 6.45) is 2.92. The zero-order valence-corrected chi connectivity index (χ0v) is 9.19. The first kappa shape index (κ1) is 10.7. The highest BCUT2D eigenvalue weighted by atomic mass is 35.5. The molecule has 1 aromatic carbocycles. The first-order valence-electron chi connectivity index (χ1n) is 4.68. The number of ether oxygens (including phenoxy) is 1. The van der Waals surface area contributed by atoms with Gasteiger partial charge in [0.15, 0.2) is 11.6 Å². The SMILES string of the molecule is Nc1ncncc1OCc1ccc(Cl)cc1. The first-order valence-corrected chi connectivity index (χ1v) is 5.06. The second-order valence-electron chi connectivity index (χ2n) is 3.19. The van der Waals surface area contributed by atoms with Gasteiger partial charge in [-0.2, -0.15) is 0 Å². The van der Waals surface area contributed by atoms with Gasteiger partial charge in [-0.15, -0.1) is 0 Å². The lowest BCUT2D eigenvalue weighted by Gasteiger charge is -2.07. The Labute approximate surface area is 98.0 Å². The number of nitrogen functional groups attached to an aromatic ring is 1. The van der Waals surface area contributed by atoms with Crippen LogP contribution in [0.4, 0.5) is 5.82 Å². The van der Waals surface area contributed by atoms with Gasteiger partial charge in [0.05, 0.1) is 6.20 Å². The predicted molar refractivity (Wildman–Crippen MR) is 62.2 cm³/mol. The molecule has 4 nitrogen and oxygen atoms in total. The molecule has 1 heterocycles. The number of hydrogen-bond acceptors (Lipinski definition) is 4. The minimum absolute atomic E-state index is 0.337. The molecule has 1 aromatic heterocycles. The van der Waals surface area contributed by atoms with Crippen LogP contribution in [0, 0.1) is 0 Å². The van der Waals surface area contributed by atoms with Gasteiger partial charge in [-0.05, 0) is 17.7 Å². The molecular formula is C11H10ClN3O. The maximum atomic E-state index is 5.77. The summed E-state index contributed by atoms with van der Waals surface area (Å²) < 4.78 is 5.47. The Morgan fingerprint density at radius 2 is 2.00 bits per heavy atom. The third kappa shape index (κ3) is 2.61. The molecule has 0 saturated carbocycles. The molecule has 0 aliphatic heterocycles. The van der Waals surface area contributed by atoms with E-state index in [1.165, 1.54) is 12.5 Å². The molecule has 0 atom stereocenters. The highest BCUT2D eigenvalue weighted by Gasteiger charge is 2.01.